The van der Waals surface area contributed by atoms with Gasteiger partial charge in [0.15, 0.2) is 23.5 Å². The van der Waals surface area contributed by atoms with E-state index in [0.717, 1.165) is 24.3 Å². The van der Waals surface area contributed by atoms with E-state index in [-0.39, 0.29) is 16.9 Å². The molecule has 16 heteroatoms. The summed E-state index contributed by atoms with van der Waals surface area (Å²) in [5, 5.41) is 100. The first-order valence-electron chi connectivity index (χ1n) is 12.6. The summed E-state index contributed by atoms with van der Waals surface area (Å²) in [4.78, 5) is 13.5. The summed E-state index contributed by atoms with van der Waals surface area (Å²) in [6.45, 7) is -1.25. The maximum absolute atomic E-state index is 13.5. The fourth-order valence-electron chi connectivity index (χ4n) is 4.69. The molecule has 16 nitrogen and oxygen atoms in total. The van der Waals surface area contributed by atoms with Crippen LogP contribution >= 0.6 is 0 Å². The Bertz CT molecular complexity index is 1500. The smallest absolute Gasteiger partial charge is 0.239 e. The number of benzene rings is 2. The van der Waals surface area contributed by atoms with Crippen LogP contribution in [0.1, 0.15) is 0 Å². The topological polar surface area (TPSA) is 269 Å². The molecular weight excluding hydrogens is 568 g/mol. The van der Waals surface area contributed by atoms with Crippen molar-refractivity contribution >= 4 is 11.0 Å². The van der Waals surface area contributed by atoms with Gasteiger partial charge in [0.25, 0.3) is 0 Å². The summed E-state index contributed by atoms with van der Waals surface area (Å²) < 4.78 is 27.6. The van der Waals surface area contributed by atoms with E-state index < -0.39 is 108 Å². The van der Waals surface area contributed by atoms with Crippen molar-refractivity contribution in [2.45, 2.75) is 55.3 Å². The molecule has 9 atom stereocenters. The molecule has 2 aliphatic rings. The van der Waals surface area contributed by atoms with Gasteiger partial charge in [-0.25, -0.2) is 0 Å². The third kappa shape index (κ3) is 5.31. The summed E-state index contributed by atoms with van der Waals surface area (Å²) in [7, 11) is 0. The van der Waals surface area contributed by atoms with Crippen LogP contribution in [0, 0.1) is 0 Å². The number of hydrogen-bond acceptors (Lipinski definition) is 16. The minimum absolute atomic E-state index is 0.00296. The molecule has 0 spiro atoms. The van der Waals surface area contributed by atoms with Gasteiger partial charge in [0.2, 0.25) is 17.5 Å². The second kappa shape index (κ2) is 11.5. The molecule has 5 rings (SSSR count). The van der Waals surface area contributed by atoms with E-state index in [9.17, 15) is 55.9 Å². The molecule has 0 bridgehead atoms. The first-order valence-corrected chi connectivity index (χ1v) is 12.6. The third-order valence-corrected chi connectivity index (χ3v) is 6.98. The predicted molar refractivity (Wildman–Crippen MR) is 136 cm³/mol. The largest absolute Gasteiger partial charge is 0.508 e. The number of phenolic OH excluding ortho intramolecular Hbond substituents is 4. The van der Waals surface area contributed by atoms with Crippen LogP contribution < -0.4 is 10.2 Å². The molecule has 3 heterocycles. The molecular formula is C26H28O16. The Balaban J connectivity index is 1.44. The number of aromatic hydroxyl groups is 4. The molecule has 0 unspecified atom stereocenters. The molecule has 42 heavy (non-hydrogen) atoms. The van der Waals surface area contributed by atoms with Gasteiger partial charge in [-0.1, -0.05) is 0 Å². The first kappa shape index (κ1) is 29.8. The van der Waals surface area contributed by atoms with E-state index >= 15 is 0 Å². The minimum atomic E-state index is -1.92. The standard InChI is InChI=1S/C26H28O16/c27-6-14-17(32)20(35)22(37)26(40-14)41-15-7-38-25(21(36)18(15)33)42-24-19(34)16-12(31)4-9(28)5-13(16)39-23(24)8-1-2-10(29)11(30)3-8/h1-5,14-15,17-18,20-22,25-33,35-37H,6-7H2/t14-,15+,17-,18-,20+,21+,22-,25-,26+/m0/s1. The van der Waals surface area contributed by atoms with Crippen LogP contribution in [-0.4, -0.2) is 120 Å². The first-order chi connectivity index (χ1) is 19.9. The Hall–Kier alpha value is -3.71. The Labute approximate surface area is 235 Å². The van der Waals surface area contributed by atoms with Crippen molar-refractivity contribution in [3.05, 3.63) is 40.6 Å². The molecule has 0 amide bonds. The summed E-state index contributed by atoms with van der Waals surface area (Å²) in [6.07, 6.45) is -15.0. The van der Waals surface area contributed by atoms with Crippen molar-refractivity contribution in [1.29, 1.82) is 0 Å². The van der Waals surface area contributed by atoms with Crippen LogP contribution in [0.4, 0.5) is 0 Å². The van der Waals surface area contributed by atoms with Crippen LogP contribution in [0.2, 0.25) is 0 Å². The number of hydrogen-bond donors (Lipinski definition) is 10. The molecule has 2 fully saturated rings. The third-order valence-electron chi connectivity index (χ3n) is 6.98. The van der Waals surface area contributed by atoms with E-state index in [1.165, 1.54) is 6.07 Å². The molecule has 228 valence electrons. The van der Waals surface area contributed by atoms with Gasteiger partial charge in [-0.3, -0.25) is 4.79 Å². The Morgan fingerprint density at radius 3 is 2.21 bits per heavy atom. The lowest BCUT2D eigenvalue weighted by Crippen LogP contribution is -2.62. The zero-order chi connectivity index (χ0) is 30.5. The SMILES string of the molecule is O=c1c(O[C@@H]2OC[C@@H](O[C@H]3O[C@@H](CO)[C@H](O)[C@@H](O)[C@@H]3O)[C@H](O)[C@H]2O)c(-c2ccc(O)c(O)c2)oc2cc(O)cc(O)c12. The maximum Gasteiger partial charge on any atom is 0.239 e. The lowest BCUT2D eigenvalue weighted by Gasteiger charge is -2.43. The highest BCUT2D eigenvalue weighted by atomic mass is 16.7. The molecule has 10 N–H and O–H groups in total. The molecule has 2 aliphatic heterocycles. The lowest BCUT2D eigenvalue weighted by atomic mass is 9.99. The Morgan fingerprint density at radius 2 is 1.52 bits per heavy atom. The monoisotopic (exact) mass is 596 g/mol. The second-order valence-electron chi connectivity index (χ2n) is 9.80. The average Bonchev–Trinajstić information content (AvgIpc) is 2.95. The van der Waals surface area contributed by atoms with Gasteiger partial charge in [-0.2, -0.15) is 0 Å². The summed E-state index contributed by atoms with van der Waals surface area (Å²) in [5.41, 5.74) is -1.26. The van der Waals surface area contributed by atoms with Crippen LogP contribution in [0.15, 0.2) is 39.5 Å². The number of ether oxygens (including phenoxy) is 4. The molecule has 1 aromatic heterocycles. The van der Waals surface area contributed by atoms with Crippen molar-refractivity contribution < 1.29 is 74.4 Å². The van der Waals surface area contributed by atoms with Gasteiger partial charge < -0.3 is 74.4 Å². The maximum atomic E-state index is 13.5. The van der Waals surface area contributed by atoms with E-state index in [1.807, 2.05) is 0 Å². The highest BCUT2D eigenvalue weighted by Crippen LogP contribution is 2.39. The number of aliphatic hydroxyl groups is 6. The highest BCUT2D eigenvalue weighted by Gasteiger charge is 2.48. The molecule has 0 aliphatic carbocycles. The van der Waals surface area contributed by atoms with E-state index in [2.05, 4.69) is 0 Å². The summed E-state index contributed by atoms with van der Waals surface area (Å²) in [6, 6.07) is 5.31. The fraction of sp³-hybridized carbons (Fsp3) is 0.423. The van der Waals surface area contributed by atoms with Gasteiger partial charge in [0, 0.05) is 17.7 Å². The van der Waals surface area contributed by atoms with E-state index in [0.29, 0.717) is 0 Å². The Kier molecular flexibility index (Phi) is 8.17. The van der Waals surface area contributed by atoms with Gasteiger partial charge in [-0.05, 0) is 18.2 Å². The van der Waals surface area contributed by atoms with E-state index in [4.69, 9.17) is 23.4 Å². The number of rotatable bonds is 6. The summed E-state index contributed by atoms with van der Waals surface area (Å²) in [5.74, 6) is -3.18. The zero-order valence-electron chi connectivity index (χ0n) is 21.4. The van der Waals surface area contributed by atoms with Crippen molar-refractivity contribution in [2.24, 2.45) is 0 Å². The number of fused-ring (bicyclic) bond motifs is 1. The van der Waals surface area contributed by atoms with Crippen molar-refractivity contribution in [2.75, 3.05) is 13.2 Å². The summed E-state index contributed by atoms with van der Waals surface area (Å²) >= 11 is 0. The number of aliphatic hydroxyl groups excluding tert-OH is 6. The van der Waals surface area contributed by atoms with Gasteiger partial charge in [0.05, 0.1) is 13.2 Å². The van der Waals surface area contributed by atoms with Gasteiger partial charge in [-0.15, -0.1) is 0 Å². The van der Waals surface area contributed by atoms with Crippen molar-refractivity contribution in [1.82, 2.24) is 0 Å². The Morgan fingerprint density at radius 1 is 0.810 bits per heavy atom. The highest BCUT2D eigenvalue weighted by molar-refractivity contribution is 5.88. The van der Waals surface area contributed by atoms with E-state index in [1.54, 1.807) is 0 Å². The van der Waals surface area contributed by atoms with Gasteiger partial charge >= 0.3 is 0 Å². The van der Waals surface area contributed by atoms with Crippen LogP contribution in [-0.2, 0) is 14.2 Å². The van der Waals surface area contributed by atoms with Crippen LogP contribution in [0.5, 0.6) is 28.7 Å². The second-order valence-corrected chi connectivity index (χ2v) is 9.80. The number of phenols is 4. The molecule has 3 aromatic rings. The van der Waals surface area contributed by atoms with Gasteiger partial charge in [0.1, 0.15) is 65.2 Å². The van der Waals surface area contributed by atoms with Crippen molar-refractivity contribution in [3.63, 3.8) is 0 Å². The quantitative estimate of drug-likeness (QED) is 0.137. The zero-order valence-corrected chi connectivity index (χ0v) is 21.4. The molecule has 0 radical (unpaired) electrons. The fourth-order valence-corrected chi connectivity index (χ4v) is 4.69. The normalized spacial score (nSPS) is 31.7. The molecule has 0 saturated carbocycles. The average molecular weight is 596 g/mol. The minimum Gasteiger partial charge on any atom is -0.508 e. The lowest BCUT2D eigenvalue weighted by molar-refractivity contribution is -0.338. The van der Waals surface area contributed by atoms with Crippen LogP contribution in [0.3, 0.4) is 0 Å². The van der Waals surface area contributed by atoms with Crippen LogP contribution in [0.25, 0.3) is 22.3 Å². The molecule has 2 saturated heterocycles. The predicted octanol–water partition coefficient (Wildman–Crippen LogP) is -2.08. The van der Waals surface area contributed by atoms with Crippen molar-refractivity contribution in [3.8, 4) is 40.1 Å². The molecule has 2 aromatic carbocycles.